The summed E-state index contributed by atoms with van der Waals surface area (Å²) in [6, 6.07) is 8.82. The minimum absolute atomic E-state index is 0.0530. The van der Waals surface area contributed by atoms with E-state index in [1.807, 2.05) is 30.3 Å². The fourth-order valence-corrected chi connectivity index (χ4v) is 3.59. The van der Waals surface area contributed by atoms with E-state index in [-0.39, 0.29) is 16.2 Å². The lowest BCUT2D eigenvalue weighted by Crippen LogP contribution is -2.25. The molecular weight excluding hydrogens is 318 g/mol. The summed E-state index contributed by atoms with van der Waals surface area (Å²) in [4.78, 5) is 23.0. The molecule has 1 aromatic heterocycles. The highest BCUT2D eigenvalue weighted by molar-refractivity contribution is 8.15. The minimum Gasteiger partial charge on any atom is -0.476 e. The smallest absolute Gasteiger partial charge is 0.356 e. The number of amidine groups is 1. The summed E-state index contributed by atoms with van der Waals surface area (Å²) in [7, 11) is 0. The molecule has 1 amide bonds. The third-order valence-electron chi connectivity index (χ3n) is 3.66. The number of benzene rings is 1. The van der Waals surface area contributed by atoms with Gasteiger partial charge in [0.15, 0.2) is 5.69 Å². The molecule has 2 aliphatic rings. The van der Waals surface area contributed by atoms with Crippen LogP contribution in [0.1, 0.15) is 22.1 Å². The highest BCUT2D eigenvalue weighted by Crippen LogP contribution is 2.36. The molecule has 2 atom stereocenters. The van der Waals surface area contributed by atoms with Crippen LogP contribution in [0.2, 0.25) is 0 Å². The number of hydrazone groups is 1. The van der Waals surface area contributed by atoms with Gasteiger partial charge in [0.25, 0.3) is 5.24 Å². The number of carboxylic acid groups (broad SMARTS) is 1. The Morgan fingerprint density at radius 2 is 2.09 bits per heavy atom. The predicted molar refractivity (Wildman–Crippen MR) is 83.7 cm³/mol. The van der Waals surface area contributed by atoms with E-state index in [4.69, 9.17) is 0 Å². The number of carbonyl (C=O) groups excluding carboxylic acids is 1. The van der Waals surface area contributed by atoms with Gasteiger partial charge >= 0.3 is 5.97 Å². The molecule has 23 heavy (non-hydrogen) atoms. The lowest BCUT2D eigenvalue weighted by molar-refractivity contribution is 0.0688. The molecule has 0 aliphatic carbocycles. The van der Waals surface area contributed by atoms with E-state index in [1.54, 1.807) is 6.20 Å². The van der Waals surface area contributed by atoms with Gasteiger partial charge in [-0.15, -0.1) is 0 Å². The summed E-state index contributed by atoms with van der Waals surface area (Å²) in [6.45, 7) is 0. The number of aromatic nitrogens is 2. The Hall–Kier alpha value is -2.81. The van der Waals surface area contributed by atoms with Gasteiger partial charge in [-0.1, -0.05) is 30.0 Å². The predicted octanol–water partition coefficient (Wildman–Crippen LogP) is 1.35. The maximum absolute atomic E-state index is 11.5. The summed E-state index contributed by atoms with van der Waals surface area (Å²) < 4.78 is 1.52. The number of fused-ring (bicyclic) bond motifs is 1. The lowest BCUT2D eigenvalue weighted by Gasteiger charge is -2.13. The van der Waals surface area contributed by atoms with Gasteiger partial charge in [0.2, 0.25) is 0 Å². The number of para-hydroxylation sites is 1. The van der Waals surface area contributed by atoms with Gasteiger partial charge in [-0.25, -0.2) is 9.48 Å². The molecule has 0 spiro atoms. The van der Waals surface area contributed by atoms with Crippen LogP contribution in [0, 0.1) is 0 Å². The van der Waals surface area contributed by atoms with Crippen molar-refractivity contribution in [3.8, 4) is 5.69 Å². The number of carbonyl (C=O) groups is 2. The van der Waals surface area contributed by atoms with Gasteiger partial charge in [-0.3, -0.25) is 10.2 Å². The van der Waals surface area contributed by atoms with Gasteiger partial charge in [0.1, 0.15) is 5.84 Å². The monoisotopic (exact) mass is 329 g/mol. The van der Waals surface area contributed by atoms with Crippen LogP contribution in [-0.4, -0.2) is 37.2 Å². The van der Waals surface area contributed by atoms with Crippen LogP contribution in [0.4, 0.5) is 4.79 Å². The molecule has 4 rings (SSSR count). The second-order valence-corrected chi connectivity index (χ2v) is 6.19. The molecular formula is C14H11N5O3S. The first-order chi connectivity index (χ1) is 11.1. The van der Waals surface area contributed by atoms with Crippen molar-refractivity contribution in [1.29, 1.82) is 0 Å². The molecule has 8 nitrogen and oxygen atoms in total. The van der Waals surface area contributed by atoms with Crippen molar-refractivity contribution in [3.63, 3.8) is 0 Å². The molecule has 1 saturated heterocycles. The van der Waals surface area contributed by atoms with Crippen molar-refractivity contribution < 1.29 is 14.7 Å². The van der Waals surface area contributed by atoms with Crippen molar-refractivity contribution in [2.45, 2.75) is 11.3 Å². The number of rotatable bonds is 3. The number of carboxylic acids is 1. The zero-order valence-corrected chi connectivity index (χ0v) is 12.4. The van der Waals surface area contributed by atoms with E-state index >= 15 is 0 Å². The van der Waals surface area contributed by atoms with Crippen LogP contribution in [0.5, 0.6) is 0 Å². The second kappa shape index (κ2) is 5.13. The summed E-state index contributed by atoms with van der Waals surface area (Å²) >= 11 is 1.09. The van der Waals surface area contributed by atoms with E-state index in [2.05, 4.69) is 20.9 Å². The van der Waals surface area contributed by atoms with Crippen molar-refractivity contribution in [1.82, 2.24) is 20.5 Å². The fraction of sp³-hybridized carbons (Fsp3) is 0.143. The van der Waals surface area contributed by atoms with E-state index in [1.165, 1.54) is 4.68 Å². The first-order valence-corrected chi connectivity index (χ1v) is 7.70. The van der Waals surface area contributed by atoms with Crippen molar-refractivity contribution >= 4 is 28.8 Å². The van der Waals surface area contributed by atoms with Crippen molar-refractivity contribution in [2.75, 3.05) is 0 Å². The molecule has 0 bridgehead atoms. The molecule has 0 radical (unpaired) electrons. The Labute approximate surface area is 134 Å². The average molecular weight is 329 g/mol. The molecule has 3 heterocycles. The highest BCUT2D eigenvalue weighted by atomic mass is 32.2. The zero-order valence-electron chi connectivity index (χ0n) is 11.6. The second-order valence-electron chi connectivity index (χ2n) is 5.07. The number of nitrogens with one attached hydrogen (secondary N) is 2. The number of nitrogens with zero attached hydrogens (tertiary/aromatic N) is 3. The van der Waals surface area contributed by atoms with Gasteiger partial charge in [-0.05, 0) is 12.1 Å². The van der Waals surface area contributed by atoms with Gasteiger partial charge in [0.05, 0.1) is 17.0 Å². The third kappa shape index (κ3) is 2.25. The van der Waals surface area contributed by atoms with Crippen LogP contribution in [0.15, 0.2) is 41.6 Å². The molecule has 2 aromatic rings. The van der Waals surface area contributed by atoms with E-state index < -0.39 is 12.0 Å². The first-order valence-electron chi connectivity index (χ1n) is 6.82. The Morgan fingerprint density at radius 1 is 1.30 bits per heavy atom. The minimum atomic E-state index is -1.12. The summed E-state index contributed by atoms with van der Waals surface area (Å²) in [5.41, 5.74) is 4.09. The van der Waals surface area contributed by atoms with Gasteiger partial charge < -0.3 is 10.4 Å². The maximum Gasteiger partial charge on any atom is 0.356 e. The standard InChI is InChI=1S/C14H11N5O3S/c20-13(21)10-8(6-19(18-10)7-4-2-1-3-5-7)9-11-12(17-16-9)15-14(22)23-11/h1-6,9,11,16H,(H,20,21)(H,15,17,22). The quantitative estimate of drug-likeness (QED) is 0.784. The number of amides is 1. The molecule has 9 heteroatoms. The Morgan fingerprint density at radius 3 is 2.83 bits per heavy atom. The Kier molecular flexibility index (Phi) is 3.08. The van der Waals surface area contributed by atoms with E-state index in [0.717, 1.165) is 17.4 Å². The van der Waals surface area contributed by atoms with Crippen LogP contribution in [0.25, 0.3) is 5.69 Å². The normalized spacial score (nSPS) is 22.3. The lowest BCUT2D eigenvalue weighted by atomic mass is 10.1. The average Bonchev–Trinajstić information content (AvgIpc) is 3.21. The van der Waals surface area contributed by atoms with Crippen LogP contribution in [0.3, 0.4) is 0 Å². The number of aromatic carboxylic acids is 1. The van der Waals surface area contributed by atoms with Crippen molar-refractivity contribution in [3.05, 3.63) is 47.8 Å². The zero-order chi connectivity index (χ0) is 16.0. The molecule has 2 aliphatic heterocycles. The van der Waals surface area contributed by atoms with Crippen LogP contribution >= 0.6 is 11.8 Å². The molecule has 2 unspecified atom stereocenters. The molecule has 0 saturated carbocycles. The van der Waals surface area contributed by atoms with Crippen LogP contribution < -0.4 is 10.7 Å². The Bertz CT molecular complexity index is 832. The van der Waals surface area contributed by atoms with Crippen LogP contribution in [-0.2, 0) is 0 Å². The number of hydrogen-bond donors (Lipinski definition) is 3. The molecule has 1 fully saturated rings. The summed E-state index contributed by atoms with van der Waals surface area (Å²) in [5, 5.41) is 19.9. The molecule has 3 N–H and O–H groups in total. The maximum atomic E-state index is 11.5. The molecule has 116 valence electrons. The van der Waals surface area contributed by atoms with Crippen molar-refractivity contribution in [2.24, 2.45) is 5.10 Å². The fourth-order valence-electron chi connectivity index (χ4n) is 2.63. The largest absolute Gasteiger partial charge is 0.476 e. The highest BCUT2D eigenvalue weighted by Gasteiger charge is 2.43. The summed E-state index contributed by atoms with van der Waals surface area (Å²) in [6.07, 6.45) is 1.66. The SMILES string of the molecule is O=C1NC2=NNC(c3cn(-c4ccccc4)nc3C(=O)O)C2S1. The summed E-state index contributed by atoms with van der Waals surface area (Å²) in [5.74, 6) is -0.596. The van der Waals surface area contributed by atoms with Gasteiger partial charge in [0, 0.05) is 11.8 Å². The number of hydrogen-bond acceptors (Lipinski definition) is 6. The van der Waals surface area contributed by atoms with E-state index in [0.29, 0.717) is 11.4 Å². The molecule has 1 aromatic carbocycles. The number of thioether (sulfide) groups is 1. The third-order valence-corrected chi connectivity index (χ3v) is 4.73. The topological polar surface area (TPSA) is 109 Å². The van der Waals surface area contributed by atoms with Gasteiger partial charge in [-0.2, -0.15) is 10.2 Å². The Balaban J connectivity index is 1.75. The van der Waals surface area contributed by atoms with E-state index in [9.17, 15) is 14.7 Å². The first kappa shape index (κ1) is 13.8.